The van der Waals surface area contributed by atoms with Crippen molar-refractivity contribution in [3.8, 4) is 6.07 Å². The number of nitrogens with two attached hydrogens (primary N) is 1. The summed E-state index contributed by atoms with van der Waals surface area (Å²) < 4.78 is 0. The Bertz CT molecular complexity index is 422. The summed E-state index contributed by atoms with van der Waals surface area (Å²) in [4.78, 5) is 6.51. The van der Waals surface area contributed by atoms with E-state index < -0.39 is 0 Å². The molecule has 2 atom stereocenters. The molecule has 0 saturated heterocycles. The standard InChI is InChI=1S/C15H22N4/c1-2-14(17)15(12-6-9-18-10-7-12)19(11-3-8-16)13-4-5-13/h6-7,9-10,13-15H,2-5,11,17H2,1H3. The Hall–Kier alpha value is -1.44. The van der Waals surface area contributed by atoms with E-state index in [1.165, 1.54) is 18.4 Å². The first-order valence-corrected chi connectivity index (χ1v) is 7.06. The van der Waals surface area contributed by atoms with E-state index >= 15 is 0 Å². The van der Waals surface area contributed by atoms with Crippen molar-refractivity contribution in [2.24, 2.45) is 5.73 Å². The molecule has 102 valence electrons. The molecule has 0 aromatic carbocycles. The monoisotopic (exact) mass is 258 g/mol. The Morgan fingerprint density at radius 3 is 2.68 bits per heavy atom. The third kappa shape index (κ3) is 3.52. The number of aromatic nitrogens is 1. The zero-order chi connectivity index (χ0) is 13.7. The van der Waals surface area contributed by atoms with Crippen molar-refractivity contribution in [3.05, 3.63) is 30.1 Å². The van der Waals surface area contributed by atoms with Crippen LogP contribution in [-0.4, -0.2) is 28.5 Å². The summed E-state index contributed by atoms with van der Waals surface area (Å²) in [6.07, 6.45) is 7.59. The van der Waals surface area contributed by atoms with Crippen molar-refractivity contribution >= 4 is 0 Å². The molecule has 1 aliphatic rings. The second-order valence-electron chi connectivity index (χ2n) is 5.17. The van der Waals surface area contributed by atoms with E-state index in [1.807, 2.05) is 24.5 Å². The molecule has 1 fully saturated rings. The number of pyridine rings is 1. The topological polar surface area (TPSA) is 65.9 Å². The van der Waals surface area contributed by atoms with E-state index in [1.54, 1.807) is 0 Å². The molecule has 4 nitrogen and oxygen atoms in total. The lowest BCUT2D eigenvalue weighted by Gasteiger charge is -2.35. The first kappa shape index (κ1) is 14.0. The Labute approximate surface area is 115 Å². The molecular weight excluding hydrogens is 236 g/mol. The van der Waals surface area contributed by atoms with Gasteiger partial charge >= 0.3 is 0 Å². The maximum atomic E-state index is 8.85. The Morgan fingerprint density at radius 1 is 1.47 bits per heavy atom. The van der Waals surface area contributed by atoms with E-state index in [0.29, 0.717) is 12.5 Å². The van der Waals surface area contributed by atoms with Crippen molar-refractivity contribution in [2.45, 2.75) is 50.7 Å². The van der Waals surface area contributed by atoms with Gasteiger partial charge in [0.05, 0.1) is 12.1 Å². The van der Waals surface area contributed by atoms with Crippen molar-refractivity contribution < 1.29 is 0 Å². The van der Waals surface area contributed by atoms with Gasteiger partial charge < -0.3 is 5.73 Å². The normalized spacial score (nSPS) is 18.0. The van der Waals surface area contributed by atoms with Crippen LogP contribution in [-0.2, 0) is 0 Å². The average molecular weight is 258 g/mol. The minimum atomic E-state index is 0.0988. The smallest absolute Gasteiger partial charge is 0.0635 e. The van der Waals surface area contributed by atoms with Crippen LogP contribution in [0.1, 0.15) is 44.2 Å². The second-order valence-corrected chi connectivity index (χ2v) is 5.17. The highest BCUT2D eigenvalue weighted by molar-refractivity contribution is 5.18. The molecule has 1 aliphatic carbocycles. The van der Waals surface area contributed by atoms with Gasteiger partial charge in [-0.25, -0.2) is 0 Å². The first-order chi connectivity index (χ1) is 9.27. The second kappa shape index (κ2) is 6.65. The van der Waals surface area contributed by atoms with E-state index in [2.05, 4.69) is 22.9 Å². The molecule has 1 saturated carbocycles. The summed E-state index contributed by atoms with van der Waals surface area (Å²) in [6.45, 7) is 2.93. The fraction of sp³-hybridized carbons (Fsp3) is 0.600. The van der Waals surface area contributed by atoms with E-state index in [4.69, 9.17) is 11.0 Å². The molecule has 1 heterocycles. The van der Waals surface area contributed by atoms with Gasteiger partial charge in [-0.15, -0.1) is 0 Å². The highest BCUT2D eigenvalue weighted by Gasteiger charge is 2.36. The molecule has 2 unspecified atom stereocenters. The Kier molecular flexibility index (Phi) is 4.89. The molecule has 2 rings (SSSR count). The van der Waals surface area contributed by atoms with Gasteiger partial charge in [-0.1, -0.05) is 6.92 Å². The van der Waals surface area contributed by atoms with Crippen molar-refractivity contribution in [1.82, 2.24) is 9.88 Å². The molecule has 19 heavy (non-hydrogen) atoms. The molecule has 0 aliphatic heterocycles. The Morgan fingerprint density at radius 2 is 2.16 bits per heavy atom. The summed E-state index contributed by atoms with van der Waals surface area (Å²) in [6, 6.07) is 7.24. The van der Waals surface area contributed by atoms with Gasteiger partial charge in [-0.2, -0.15) is 5.26 Å². The summed E-state index contributed by atoms with van der Waals surface area (Å²) >= 11 is 0. The van der Waals surface area contributed by atoms with Gasteiger partial charge in [0.15, 0.2) is 0 Å². The third-order valence-electron chi connectivity index (χ3n) is 3.78. The van der Waals surface area contributed by atoms with Crippen LogP contribution >= 0.6 is 0 Å². The lowest BCUT2D eigenvalue weighted by atomic mass is 9.96. The van der Waals surface area contributed by atoms with Crippen molar-refractivity contribution in [3.63, 3.8) is 0 Å². The van der Waals surface area contributed by atoms with Crippen LogP contribution < -0.4 is 5.73 Å². The predicted molar refractivity (Wildman–Crippen MR) is 75.2 cm³/mol. The fourth-order valence-corrected chi connectivity index (χ4v) is 2.60. The third-order valence-corrected chi connectivity index (χ3v) is 3.78. The first-order valence-electron chi connectivity index (χ1n) is 7.06. The largest absolute Gasteiger partial charge is 0.326 e. The van der Waals surface area contributed by atoms with Crippen LogP contribution in [0.2, 0.25) is 0 Å². The molecule has 0 amide bonds. The van der Waals surface area contributed by atoms with Gasteiger partial charge in [-0.3, -0.25) is 9.88 Å². The quantitative estimate of drug-likeness (QED) is 0.814. The lowest BCUT2D eigenvalue weighted by Crippen LogP contribution is -2.42. The SMILES string of the molecule is CCC(N)C(c1ccncc1)N(CCC#N)C1CC1. The van der Waals surface area contributed by atoms with E-state index in [-0.39, 0.29) is 12.1 Å². The van der Waals surface area contributed by atoms with Gasteiger partial charge in [0.25, 0.3) is 0 Å². The molecule has 0 radical (unpaired) electrons. The summed E-state index contributed by atoms with van der Waals surface area (Å²) in [5.41, 5.74) is 7.56. The molecule has 4 heteroatoms. The van der Waals surface area contributed by atoms with Crippen molar-refractivity contribution in [2.75, 3.05) is 6.54 Å². The van der Waals surface area contributed by atoms with Crippen LogP contribution in [0.5, 0.6) is 0 Å². The van der Waals surface area contributed by atoms with Crippen molar-refractivity contribution in [1.29, 1.82) is 5.26 Å². The maximum Gasteiger partial charge on any atom is 0.0635 e. The Balaban J connectivity index is 2.22. The number of nitrogens with zero attached hydrogens (tertiary/aromatic N) is 3. The average Bonchev–Trinajstić information content (AvgIpc) is 3.28. The maximum absolute atomic E-state index is 8.85. The van der Waals surface area contributed by atoms with E-state index in [9.17, 15) is 0 Å². The highest BCUT2D eigenvalue weighted by atomic mass is 15.2. The molecule has 1 aromatic rings. The number of nitriles is 1. The predicted octanol–water partition coefficient (Wildman–Crippen LogP) is 2.24. The molecule has 0 spiro atoms. The van der Waals surface area contributed by atoms with Gasteiger partial charge in [-0.05, 0) is 37.0 Å². The highest BCUT2D eigenvalue weighted by Crippen LogP contribution is 2.36. The van der Waals surface area contributed by atoms with Crippen LogP contribution in [0.4, 0.5) is 0 Å². The zero-order valence-corrected chi connectivity index (χ0v) is 11.5. The van der Waals surface area contributed by atoms with Crippen LogP contribution in [0, 0.1) is 11.3 Å². The minimum absolute atomic E-state index is 0.0988. The van der Waals surface area contributed by atoms with Crippen LogP contribution in [0.25, 0.3) is 0 Å². The van der Waals surface area contributed by atoms with Gasteiger partial charge in [0.2, 0.25) is 0 Å². The van der Waals surface area contributed by atoms with Crippen LogP contribution in [0.3, 0.4) is 0 Å². The molecular formula is C15H22N4. The summed E-state index contributed by atoms with van der Waals surface area (Å²) in [5, 5.41) is 8.85. The van der Waals surface area contributed by atoms with Gasteiger partial charge in [0.1, 0.15) is 0 Å². The zero-order valence-electron chi connectivity index (χ0n) is 11.5. The van der Waals surface area contributed by atoms with Gasteiger partial charge in [0, 0.05) is 37.4 Å². The number of hydrogen-bond acceptors (Lipinski definition) is 4. The number of rotatable bonds is 7. The molecule has 0 bridgehead atoms. The van der Waals surface area contributed by atoms with Crippen LogP contribution in [0.15, 0.2) is 24.5 Å². The molecule has 2 N–H and O–H groups in total. The summed E-state index contributed by atoms with van der Waals surface area (Å²) in [5.74, 6) is 0. The van der Waals surface area contributed by atoms with E-state index in [0.717, 1.165) is 13.0 Å². The fourth-order valence-electron chi connectivity index (χ4n) is 2.60. The lowest BCUT2D eigenvalue weighted by molar-refractivity contribution is 0.163. The summed E-state index contributed by atoms with van der Waals surface area (Å²) in [7, 11) is 0. The minimum Gasteiger partial charge on any atom is -0.326 e. The number of hydrogen-bond donors (Lipinski definition) is 1. The molecule has 1 aromatic heterocycles.